The number of carbonyl (C=O) groups is 1. The molecule has 1 unspecified atom stereocenters. The van der Waals surface area contributed by atoms with E-state index >= 15 is 0 Å². The summed E-state index contributed by atoms with van der Waals surface area (Å²) >= 11 is 0. The number of aliphatic carboxylic acids is 1. The Morgan fingerprint density at radius 3 is 1.95 bits per heavy atom. The SMILES string of the molecule is O=C(O)C1OC=NC1(c1ccccc1)c1ccccc1. The van der Waals surface area contributed by atoms with Gasteiger partial charge in [0, 0.05) is 0 Å². The molecule has 0 bridgehead atoms. The number of aliphatic imine (C=N–C) groups is 1. The molecule has 0 aromatic heterocycles. The highest BCUT2D eigenvalue weighted by Gasteiger charge is 2.50. The molecule has 0 amide bonds. The van der Waals surface area contributed by atoms with E-state index in [-0.39, 0.29) is 0 Å². The van der Waals surface area contributed by atoms with Crippen molar-refractivity contribution < 1.29 is 14.6 Å². The van der Waals surface area contributed by atoms with Gasteiger partial charge in [-0.25, -0.2) is 9.79 Å². The van der Waals surface area contributed by atoms with Crippen molar-refractivity contribution in [2.45, 2.75) is 11.6 Å². The van der Waals surface area contributed by atoms with E-state index < -0.39 is 17.6 Å². The molecule has 3 rings (SSSR count). The first kappa shape index (κ1) is 12.4. The van der Waals surface area contributed by atoms with Gasteiger partial charge in [0.15, 0.2) is 11.9 Å². The molecule has 0 saturated carbocycles. The second kappa shape index (κ2) is 4.81. The van der Waals surface area contributed by atoms with Gasteiger partial charge < -0.3 is 9.84 Å². The molecule has 1 atom stereocenters. The standard InChI is InChI=1S/C16H13NO3/c18-15(19)14-16(17-11-20-14,12-7-3-1-4-8-12)13-9-5-2-6-10-13/h1-11,14H,(H,18,19). The molecule has 20 heavy (non-hydrogen) atoms. The lowest BCUT2D eigenvalue weighted by Crippen LogP contribution is -2.42. The van der Waals surface area contributed by atoms with Crippen molar-refractivity contribution in [1.82, 2.24) is 0 Å². The van der Waals surface area contributed by atoms with Crippen molar-refractivity contribution in [3.05, 3.63) is 71.8 Å². The first-order valence-corrected chi connectivity index (χ1v) is 6.28. The quantitative estimate of drug-likeness (QED) is 0.929. The minimum Gasteiger partial charge on any atom is -0.478 e. The Bertz CT molecular complexity index is 598. The molecule has 1 aliphatic rings. The molecule has 4 nitrogen and oxygen atoms in total. The number of hydrogen-bond donors (Lipinski definition) is 1. The third kappa shape index (κ3) is 1.77. The van der Waals surface area contributed by atoms with Crippen LogP contribution in [0.2, 0.25) is 0 Å². The van der Waals surface area contributed by atoms with E-state index in [9.17, 15) is 9.90 Å². The fourth-order valence-electron chi connectivity index (χ4n) is 2.58. The third-order valence-corrected chi connectivity index (χ3v) is 3.48. The fourth-order valence-corrected chi connectivity index (χ4v) is 2.58. The minimum atomic E-state index is -1.06. The zero-order valence-corrected chi connectivity index (χ0v) is 10.6. The lowest BCUT2D eigenvalue weighted by atomic mass is 9.79. The second-order valence-corrected chi connectivity index (χ2v) is 4.59. The van der Waals surface area contributed by atoms with Crippen molar-refractivity contribution in [2.75, 3.05) is 0 Å². The van der Waals surface area contributed by atoms with Gasteiger partial charge in [-0.2, -0.15) is 0 Å². The first-order valence-electron chi connectivity index (χ1n) is 6.28. The second-order valence-electron chi connectivity index (χ2n) is 4.59. The molecular weight excluding hydrogens is 254 g/mol. The van der Waals surface area contributed by atoms with Crippen LogP contribution in [0, 0.1) is 0 Å². The predicted molar refractivity (Wildman–Crippen MR) is 74.7 cm³/mol. The maximum Gasteiger partial charge on any atom is 0.348 e. The Morgan fingerprint density at radius 2 is 1.50 bits per heavy atom. The number of nitrogens with zero attached hydrogens (tertiary/aromatic N) is 1. The first-order chi connectivity index (χ1) is 9.75. The van der Waals surface area contributed by atoms with E-state index in [2.05, 4.69) is 4.99 Å². The molecule has 2 aromatic rings. The average molecular weight is 267 g/mol. The highest BCUT2D eigenvalue weighted by molar-refractivity contribution is 5.80. The molecule has 1 N–H and O–H groups in total. The molecule has 0 fully saturated rings. The number of ether oxygens (including phenoxy) is 1. The summed E-state index contributed by atoms with van der Waals surface area (Å²) in [4.78, 5) is 15.9. The van der Waals surface area contributed by atoms with Crippen LogP contribution in [0.25, 0.3) is 0 Å². The van der Waals surface area contributed by atoms with E-state index in [0.717, 1.165) is 11.1 Å². The van der Waals surface area contributed by atoms with Crippen LogP contribution >= 0.6 is 0 Å². The monoisotopic (exact) mass is 267 g/mol. The van der Waals surface area contributed by atoms with Crippen LogP contribution in [0.3, 0.4) is 0 Å². The summed E-state index contributed by atoms with van der Waals surface area (Å²) in [5.41, 5.74) is 0.564. The van der Waals surface area contributed by atoms with Crippen molar-refractivity contribution in [2.24, 2.45) is 4.99 Å². The van der Waals surface area contributed by atoms with Crippen molar-refractivity contribution >= 4 is 12.4 Å². The highest BCUT2D eigenvalue weighted by Crippen LogP contribution is 2.41. The summed E-state index contributed by atoms with van der Waals surface area (Å²) in [6.45, 7) is 0. The molecule has 1 heterocycles. The normalized spacial score (nSPS) is 19.5. The molecule has 0 saturated heterocycles. The Hall–Kier alpha value is -2.62. The highest BCUT2D eigenvalue weighted by atomic mass is 16.5. The van der Waals surface area contributed by atoms with Crippen LogP contribution in [-0.4, -0.2) is 23.6 Å². The number of rotatable bonds is 3. The van der Waals surface area contributed by atoms with Gasteiger partial charge in [0.25, 0.3) is 0 Å². The van der Waals surface area contributed by atoms with E-state index in [1.807, 2.05) is 60.7 Å². The number of hydrogen-bond acceptors (Lipinski definition) is 3. The zero-order valence-electron chi connectivity index (χ0n) is 10.6. The zero-order chi connectivity index (χ0) is 14.0. The Balaban J connectivity index is 2.24. The Morgan fingerprint density at radius 1 is 1.00 bits per heavy atom. The molecule has 0 aliphatic carbocycles. The van der Waals surface area contributed by atoms with Crippen LogP contribution in [0.1, 0.15) is 11.1 Å². The van der Waals surface area contributed by atoms with Crippen LogP contribution < -0.4 is 0 Å². The number of benzene rings is 2. The van der Waals surface area contributed by atoms with Gasteiger partial charge in [-0.3, -0.25) is 0 Å². The van der Waals surface area contributed by atoms with E-state index in [1.54, 1.807) is 0 Å². The molecule has 0 spiro atoms. The van der Waals surface area contributed by atoms with E-state index in [0.29, 0.717) is 0 Å². The topological polar surface area (TPSA) is 58.9 Å². The molecule has 2 aromatic carbocycles. The summed E-state index contributed by atoms with van der Waals surface area (Å²) < 4.78 is 5.25. The van der Waals surface area contributed by atoms with E-state index in [1.165, 1.54) is 6.40 Å². The lowest BCUT2D eigenvalue weighted by Gasteiger charge is -2.30. The van der Waals surface area contributed by atoms with Crippen molar-refractivity contribution in [3.8, 4) is 0 Å². The largest absolute Gasteiger partial charge is 0.478 e. The van der Waals surface area contributed by atoms with Gasteiger partial charge in [-0.1, -0.05) is 60.7 Å². The summed E-state index contributed by atoms with van der Waals surface area (Å²) in [7, 11) is 0. The number of carboxylic acids is 1. The molecular formula is C16H13NO3. The average Bonchev–Trinajstić information content (AvgIpc) is 2.95. The minimum absolute atomic E-state index is 0.798. The maximum absolute atomic E-state index is 11.6. The molecule has 0 radical (unpaired) electrons. The molecule has 100 valence electrons. The number of carboxylic acid groups (broad SMARTS) is 1. The predicted octanol–water partition coefficient (Wildman–Crippen LogP) is 2.44. The summed E-state index contributed by atoms with van der Waals surface area (Å²) in [5.74, 6) is -1.03. The Labute approximate surface area is 116 Å². The van der Waals surface area contributed by atoms with Crippen LogP contribution in [0.4, 0.5) is 0 Å². The van der Waals surface area contributed by atoms with Gasteiger partial charge in [0.1, 0.15) is 0 Å². The van der Waals surface area contributed by atoms with Crippen LogP contribution in [0.15, 0.2) is 65.7 Å². The third-order valence-electron chi connectivity index (χ3n) is 3.48. The van der Waals surface area contributed by atoms with Crippen LogP contribution in [-0.2, 0) is 15.1 Å². The molecule has 1 aliphatic heterocycles. The van der Waals surface area contributed by atoms with Crippen molar-refractivity contribution in [3.63, 3.8) is 0 Å². The molecule has 4 heteroatoms. The maximum atomic E-state index is 11.6. The van der Waals surface area contributed by atoms with Crippen LogP contribution in [0.5, 0.6) is 0 Å². The van der Waals surface area contributed by atoms with Gasteiger partial charge >= 0.3 is 5.97 Å². The Kier molecular flexibility index (Phi) is 2.99. The lowest BCUT2D eigenvalue weighted by molar-refractivity contribution is -0.147. The van der Waals surface area contributed by atoms with Gasteiger partial charge in [-0.05, 0) is 11.1 Å². The van der Waals surface area contributed by atoms with Gasteiger partial charge in [-0.15, -0.1) is 0 Å². The smallest absolute Gasteiger partial charge is 0.348 e. The van der Waals surface area contributed by atoms with E-state index in [4.69, 9.17) is 4.74 Å². The fraction of sp³-hybridized carbons (Fsp3) is 0.125. The van der Waals surface area contributed by atoms with Crippen molar-refractivity contribution in [1.29, 1.82) is 0 Å². The summed E-state index contributed by atoms with van der Waals surface area (Å²) in [6, 6.07) is 18.7. The summed E-state index contributed by atoms with van der Waals surface area (Å²) in [6.07, 6.45) is 0.172. The summed E-state index contributed by atoms with van der Waals surface area (Å²) in [5, 5.41) is 9.47. The van der Waals surface area contributed by atoms with Gasteiger partial charge in [0.05, 0.1) is 0 Å². The van der Waals surface area contributed by atoms with Gasteiger partial charge in [0.2, 0.25) is 6.10 Å².